The van der Waals surface area contributed by atoms with Crippen molar-refractivity contribution in [3.63, 3.8) is 0 Å². The molecule has 0 unspecified atom stereocenters. The van der Waals surface area contributed by atoms with Crippen LogP contribution in [0.5, 0.6) is 0 Å². The van der Waals surface area contributed by atoms with Crippen molar-refractivity contribution in [1.29, 1.82) is 5.26 Å². The van der Waals surface area contributed by atoms with Gasteiger partial charge in [-0.05, 0) is 25.1 Å². The van der Waals surface area contributed by atoms with Crippen molar-refractivity contribution in [3.8, 4) is 11.8 Å². The van der Waals surface area contributed by atoms with E-state index in [1.165, 1.54) is 29.2 Å². The Kier molecular flexibility index (Phi) is 3.57. The molecule has 0 amide bonds. The molecule has 0 saturated carbocycles. The summed E-state index contributed by atoms with van der Waals surface area (Å²) >= 11 is 0. The molecule has 19 heavy (non-hydrogen) atoms. The number of carbonyl (C=O) groups is 1. The molecule has 0 aliphatic carbocycles. The van der Waals surface area contributed by atoms with Crippen LogP contribution in [0.3, 0.4) is 0 Å². The Labute approximate surface area is 108 Å². The van der Waals surface area contributed by atoms with Gasteiger partial charge in [0.05, 0.1) is 35.7 Å². The van der Waals surface area contributed by atoms with Gasteiger partial charge >= 0.3 is 5.97 Å². The number of ether oxygens (including phenoxy) is 1. The van der Waals surface area contributed by atoms with Crippen LogP contribution in [0.15, 0.2) is 30.6 Å². The van der Waals surface area contributed by atoms with E-state index in [4.69, 9.17) is 10.00 Å². The molecule has 0 aliphatic heterocycles. The Balaban J connectivity index is 2.35. The quantitative estimate of drug-likeness (QED) is 0.791. The third kappa shape index (κ3) is 2.77. The van der Waals surface area contributed by atoms with Gasteiger partial charge in [-0.2, -0.15) is 10.4 Å². The van der Waals surface area contributed by atoms with Gasteiger partial charge in [0.15, 0.2) is 0 Å². The van der Waals surface area contributed by atoms with E-state index in [2.05, 4.69) is 5.10 Å². The second kappa shape index (κ2) is 5.31. The van der Waals surface area contributed by atoms with E-state index in [0.717, 1.165) is 6.07 Å². The fourth-order valence-electron chi connectivity index (χ4n) is 1.55. The van der Waals surface area contributed by atoms with Crippen LogP contribution in [0.1, 0.15) is 22.8 Å². The highest BCUT2D eigenvalue weighted by molar-refractivity contribution is 5.88. The van der Waals surface area contributed by atoms with Crippen molar-refractivity contribution >= 4 is 5.97 Å². The first-order chi connectivity index (χ1) is 9.13. The summed E-state index contributed by atoms with van der Waals surface area (Å²) < 4.78 is 19.4. The molecule has 1 heterocycles. The van der Waals surface area contributed by atoms with Gasteiger partial charge in [-0.15, -0.1) is 0 Å². The minimum atomic E-state index is -0.540. The largest absolute Gasteiger partial charge is 0.462 e. The van der Waals surface area contributed by atoms with E-state index in [1.807, 2.05) is 6.07 Å². The summed E-state index contributed by atoms with van der Waals surface area (Å²) in [6.07, 6.45) is 2.75. The molecule has 96 valence electrons. The summed E-state index contributed by atoms with van der Waals surface area (Å²) in [6, 6.07) is 5.68. The van der Waals surface area contributed by atoms with Gasteiger partial charge in [-0.3, -0.25) is 0 Å². The summed E-state index contributed by atoms with van der Waals surface area (Å²) in [7, 11) is 0. The van der Waals surface area contributed by atoms with Crippen LogP contribution in [-0.2, 0) is 4.74 Å². The van der Waals surface area contributed by atoms with Gasteiger partial charge < -0.3 is 4.74 Å². The molecule has 0 radical (unpaired) electrons. The number of esters is 1. The Morgan fingerprint density at radius 2 is 2.32 bits per heavy atom. The lowest BCUT2D eigenvalue weighted by molar-refractivity contribution is 0.0526. The molecule has 0 aliphatic rings. The van der Waals surface area contributed by atoms with Gasteiger partial charge in [0, 0.05) is 6.20 Å². The Morgan fingerprint density at radius 1 is 1.53 bits per heavy atom. The summed E-state index contributed by atoms with van der Waals surface area (Å²) in [6.45, 7) is 1.97. The predicted octanol–water partition coefficient (Wildman–Crippen LogP) is 2.06. The molecule has 2 rings (SSSR count). The van der Waals surface area contributed by atoms with Crippen molar-refractivity contribution in [2.75, 3.05) is 6.61 Å². The van der Waals surface area contributed by atoms with Crippen LogP contribution in [0, 0.1) is 17.1 Å². The number of halogens is 1. The number of benzene rings is 1. The standard InChI is InChI=1S/C13H10FN3O2/c1-2-19-13(18)10-7-16-17(8-10)12-4-9(6-15)3-11(14)5-12/h3-5,7-8H,2H2,1H3. The first kappa shape index (κ1) is 12.8. The number of aromatic nitrogens is 2. The highest BCUT2D eigenvalue weighted by atomic mass is 19.1. The highest BCUT2D eigenvalue weighted by Crippen LogP contribution is 2.13. The molecule has 0 spiro atoms. The number of carbonyl (C=O) groups excluding carboxylic acids is 1. The van der Waals surface area contributed by atoms with Crippen molar-refractivity contribution in [2.24, 2.45) is 0 Å². The normalized spacial score (nSPS) is 9.95. The maximum absolute atomic E-state index is 13.3. The third-order valence-corrected chi connectivity index (χ3v) is 2.37. The van der Waals surface area contributed by atoms with Gasteiger partial charge in [0.1, 0.15) is 5.82 Å². The molecule has 5 nitrogen and oxygen atoms in total. The Morgan fingerprint density at radius 3 is 3.00 bits per heavy atom. The number of nitriles is 1. The highest BCUT2D eigenvalue weighted by Gasteiger charge is 2.11. The lowest BCUT2D eigenvalue weighted by Gasteiger charge is -2.02. The Bertz CT molecular complexity index is 658. The SMILES string of the molecule is CCOC(=O)c1cnn(-c2cc(F)cc(C#N)c2)c1. The summed E-state index contributed by atoms with van der Waals surface area (Å²) in [5, 5.41) is 12.7. The molecule has 2 aromatic rings. The van der Waals surface area contributed by atoms with E-state index in [1.54, 1.807) is 6.92 Å². The second-order valence-electron chi connectivity index (χ2n) is 3.70. The van der Waals surface area contributed by atoms with Crippen molar-refractivity contribution in [3.05, 3.63) is 47.5 Å². The number of rotatable bonds is 3. The first-order valence-electron chi connectivity index (χ1n) is 5.57. The van der Waals surface area contributed by atoms with Crippen molar-refractivity contribution in [1.82, 2.24) is 9.78 Å². The molecule has 1 aromatic heterocycles. The fourth-order valence-corrected chi connectivity index (χ4v) is 1.55. The van der Waals surface area contributed by atoms with E-state index >= 15 is 0 Å². The fraction of sp³-hybridized carbons (Fsp3) is 0.154. The van der Waals surface area contributed by atoms with E-state index in [9.17, 15) is 9.18 Å². The molecular formula is C13H10FN3O2. The first-order valence-corrected chi connectivity index (χ1v) is 5.57. The predicted molar refractivity (Wildman–Crippen MR) is 64.2 cm³/mol. The van der Waals surface area contributed by atoms with Crippen LogP contribution < -0.4 is 0 Å². The van der Waals surface area contributed by atoms with E-state index in [0.29, 0.717) is 5.69 Å². The molecule has 6 heteroatoms. The van der Waals surface area contributed by atoms with Gasteiger partial charge in [0.25, 0.3) is 0 Å². The summed E-state index contributed by atoms with van der Waals surface area (Å²) in [4.78, 5) is 11.5. The average Bonchev–Trinajstić information content (AvgIpc) is 2.88. The number of hydrogen-bond donors (Lipinski definition) is 0. The summed E-state index contributed by atoms with van der Waals surface area (Å²) in [5.74, 6) is -1.03. The van der Waals surface area contributed by atoms with Gasteiger partial charge in [-0.25, -0.2) is 13.9 Å². The third-order valence-electron chi connectivity index (χ3n) is 2.37. The lowest BCUT2D eigenvalue weighted by Crippen LogP contribution is -2.03. The average molecular weight is 259 g/mol. The zero-order valence-corrected chi connectivity index (χ0v) is 10.1. The van der Waals surface area contributed by atoms with Crippen LogP contribution in [-0.4, -0.2) is 22.4 Å². The summed E-state index contributed by atoms with van der Waals surface area (Å²) in [5.41, 5.74) is 0.819. The van der Waals surface area contributed by atoms with Gasteiger partial charge in [0.2, 0.25) is 0 Å². The molecular weight excluding hydrogens is 249 g/mol. The van der Waals surface area contributed by atoms with Crippen LogP contribution >= 0.6 is 0 Å². The minimum absolute atomic E-state index is 0.184. The molecule has 0 fully saturated rings. The van der Waals surface area contributed by atoms with Gasteiger partial charge in [-0.1, -0.05) is 0 Å². The van der Waals surface area contributed by atoms with E-state index in [-0.39, 0.29) is 17.7 Å². The topological polar surface area (TPSA) is 67.9 Å². The molecule has 0 bridgehead atoms. The van der Waals surface area contributed by atoms with Crippen molar-refractivity contribution < 1.29 is 13.9 Å². The van der Waals surface area contributed by atoms with Crippen LogP contribution in [0.2, 0.25) is 0 Å². The van der Waals surface area contributed by atoms with Crippen molar-refractivity contribution in [2.45, 2.75) is 6.92 Å². The van der Waals surface area contributed by atoms with E-state index < -0.39 is 11.8 Å². The molecule has 1 aromatic carbocycles. The molecule has 0 saturated heterocycles. The minimum Gasteiger partial charge on any atom is -0.462 e. The Hall–Kier alpha value is -2.68. The smallest absolute Gasteiger partial charge is 0.341 e. The molecule has 0 atom stereocenters. The van der Waals surface area contributed by atoms with Crippen LogP contribution in [0.4, 0.5) is 4.39 Å². The number of nitrogens with zero attached hydrogens (tertiary/aromatic N) is 3. The molecule has 0 N–H and O–H groups in total. The number of hydrogen-bond acceptors (Lipinski definition) is 4. The zero-order valence-electron chi connectivity index (χ0n) is 10.1. The zero-order chi connectivity index (χ0) is 13.8. The maximum Gasteiger partial charge on any atom is 0.341 e. The second-order valence-corrected chi connectivity index (χ2v) is 3.70. The monoisotopic (exact) mass is 259 g/mol. The lowest BCUT2D eigenvalue weighted by atomic mass is 10.2. The van der Waals surface area contributed by atoms with Crippen LogP contribution in [0.25, 0.3) is 5.69 Å². The maximum atomic E-state index is 13.3.